The van der Waals surface area contributed by atoms with Gasteiger partial charge in [0.05, 0.1) is 16.9 Å². The molecule has 4 aromatic heterocycles. The second-order valence-corrected chi connectivity index (χ2v) is 8.72. The number of hydrogen-bond acceptors (Lipinski definition) is 7. The zero-order valence-corrected chi connectivity index (χ0v) is 19.4. The van der Waals surface area contributed by atoms with Crippen molar-refractivity contribution in [2.75, 3.05) is 5.32 Å². The van der Waals surface area contributed by atoms with E-state index in [2.05, 4.69) is 20.3 Å². The first-order valence-corrected chi connectivity index (χ1v) is 11.1. The van der Waals surface area contributed by atoms with Gasteiger partial charge >= 0.3 is 5.69 Å². The predicted molar refractivity (Wildman–Crippen MR) is 129 cm³/mol. The third-order valence-electron chi connectivity index (χ3n) is 5.48. The zero-order chi connectivity index (χ0) is 24.0. The van der Waals surface area contributed by atoms with Crippen LogP contribution in [0, 0.1) is 0 Å². The molecule has 0 saturated carbocycles. The lowest BCUT2D eigenvalue weighted by molar-refractivity contribution is -0.116. The number of imidazole rings is 2. The summed E-state index contributed by atoms with van der Waals surface area (Å²) in [4.78, 5) is 51.7. The van der Waals surface area contributed by atoms with Gasteiger partial charge in [0.15, 0.2) is 22.1 Å². The number of carbonyl (C=O) groups is 1. The maximum atomic E-state index is 12.9. The Morgan fingerprint density at radius 1 is 1.06 bits per heavy atom. The van der Waals surface area contributed by atoms with Gasteiger partial charge in [-0.2, -0.15) is 0 Å². The molecular formula is C22H20N8O3S. The highest BCUT2D eigenvalue weighted by atomic mass is 32.1. The smallest absolute Gasteiger partial charge is 0.332 e. The first kappa shape index (κ1) is 21.5. The van der Waals surface area contributed by atoms with Gasteiger partial charge in [0.25, 0.3) is 5.56 Å². The predicted octanol–water partition coefficient (Wildman–Crippen LogP) is 1.60. The van der Waals surface area contributed by atoms with Crippen LogP contribution in [0.1, 0.15) is 0 Å². The molecule has 34 heavy (non-hydrogen) atoms. The monoisotopic (exact) mass is 476 g/mol. The lowest BCUT2D eigenvalue weighted by Gasteiger charge is -2.06. The van der Waals surface area contributed by atoms with Gasteiger partial charge in [-0.1, -0.05) is 41.7 Å². The molecule has 0 unspecified atom stereocenters. The van der Waals surface area contributed by atoms with Crippen LogP contribution in [0.4, 0.5) is 5.13 Å². The van der Waals surface area contributed by atoms with Gasteiger partial charge < -0.3 is 14.5 Å². The maximum absolute atomic E-state index is 12.9. The number of aryl methyl sites for hydroxylation is 2. The van der Waals surface area contributed by atoms with Crippen molar-refractivity contribution in [1.82, 2.24) is 33.2 Å². The van der Waals surface area contributed by atoms with Crippen LogP contribution in [0.25, 0.3) is 33.1 Å². The van der Waals surface area contributed by atoms with Crippen LogP contribution in [0.3, 0.4) is 0 Å². The number of hydrogen-bond donors (Lipinski definition) is 1. The number of carbonyl (C=O) groups excluding carboxylic acids is 1. The fraction of sp³-hybridized carbons (Fsp3) is 0.182. The van der Waals surface area contributed by atoms with Crippen LogP contribution in [-0.2, 0) is 32.5 Å². The van der Waals surface area contributed by atoms with Crippen molar-refractivity contribution in [3.8, 4) is 22.0 Å². The van der Waals surface area contributed by atoms with Gasteiger partial charge in [-0.15, -0.1) is 0 Å². The Balaban J connectivity index is 1.48. The second-order valence-electron chi connectivity index (χ2n) is 7.72. The van der Waals surface area contributed by atoms with Gasteiger partial charge in [0.2, 0.25) is 5.91 Å². The molecule has 5 aromatic rings. The molecule has 172 valence electrons. The first-order chi connectivity index (χ1) is 16.3. The van der Waals surface area contributed by atoms with Crippen molar-refractivity contribution in [2.24, 2.45) is 21.1 Å². The van der Waals surface area contributed by atoms with E-state index in [-0.39, 0.29) is 23.6 Å². The van der Waals surface area contributed by atoms with Gasteiger partial charge in [0, 0.05) is 39.1 Å². The SMILES string of the molecule is Cn1ccnc1-c1sc(NC(=O)Cn2cnc3c2c(=O)n(C)c(=O)n3C)nc1-c1ccccc1. The summed E-state index contributed by atoms with van der Waals surface area (Å²) in [5.41, 5.74) is 1.02. The molecule has 0 aliphatic rings. The third kappa shape index (κ3) is 3.53. The molecule has 0 saturated heterocycles. The fourth-order valence-electron chi connectivity index (χ4n) is 3.73. The Kier molecular flexibility index (Phi) is 5.21. The number of anilines is 1. The molecule has 0 fully saturated rings. The Morgan fingerprint density at radius 3 is 2.53 bits per heavy atom. The lowest BCUT2D eigenvalue weighted by Crippen LogP contribution is -2.37. The number of fused-ring (bicyclic) bond motifs is 1. The minimum Gasteiger partial charge on any atom is -0.333 e. The highest BCUT2D eigenvalue weighted by molar-refractivity contribution is 7.19. The number of thiazole rings is 1. The van der Waals surface area contributed by atoms with Crippen LogP contribution in [-0.4, -0.2) is 39.1 Å². The summed E-state index contributed by atoms with van der Waals surface area (Å²) < 4.78 is 5.59. The Morgan fingerprint density at radius 2 is 1.82 bits per heavy atom. The molecule has 5 rings (SSSR count). The van der Waals surface area contributed by atoms with E-state index in [4.69, 9.17) is 0 Å². The number of aromatic nitrogens is 7. The molecule has 0 radical (unpaired) electrons. The summed E-state index contributed by atoms with van der Waals surface area (Å²) in [7, 11) is 4.82. The summed E-state index contributed by atoms with van der Waals surface area (Å²) in [5, 5.41) is 3.23. The lowest BCUT2D eigenvalue weighted by atomic mass is 10.1. The van der Waals surface area contributed by atoms with Crippen LogP contribution in [0.15, 0.2) is 58.6 Å². The average molecular weight is 477 g/mol. The highest BCUT2D eigenvalue weighted by Gasteiger charge is 2.20. The van der Waals surface area contributed by atoms with E-state index in [1.807, 2.05) is 48.1 Å². The molecular weight excluding hydrogens is 456 g/mol. The third-order valence-corrected chi connectivity index (χ3v) is 6.44. The molecule has 0 atom stereocenters. The number of nitrogens with zero attached hydrogens (tertiary/aromatic N) is 7. The van der Waals surface area contributed by atoms with E-state index in [0.717, 1.165) is 20.8 Å². The molecule has 1 aromatic carbocycles. The average Bonchev–Trinajstić information content (AvgIpc) is 3.55. The zero-order valence-electron chi connectivity index (χ0n) is 18.6. The van der Waals surface area contributed by atoms with Crippen LogP contribution < -0.4 is 16.6 Å². The van der Waals surface area contributed by atoms with Crippen molar-refractivity contribution >= 4 is 33.5 Å². The largest absolute Gasteiger partial charge is 0.333 e. The molecule has 11 nitrogen and oxygen atoms in total. The first-order valence-electron chi connectivity index (χ1n) is 10.3. The van der Waals surface area contributed by atoms with Gasteiger partial charge in [-0.3, -0.25) is 18.7 Å². The number of nitrogens with one attached hydrogen (secondary N) is 1. The topological polar surface area (TPSA) is 122 Å². The summed E-state index contributed by atoms with van der Waals surface area (Å²) >= 11 is 1.32. The quantitative estimate of drug-likeness (QED) is 0.411. The minimum atomic E-state index is -0.513. The van der Waals surface area contributed by atoms with E-state index in [1.54, 1.807) is 6.20 Å². The number of amides is 1. The Bertz CT molecular complexity index is 1660. The Labute approximate surface area is 196 Å². The van der Waals surface area contributed by atoms with E-state index >= 15 is 0 Å². The molecule has 0 bridgehead atoms. The van der Waals surface area contributed by atoms with E-state index in [0.29, 0.717) is 10.8 Å². The van der Waals surface area contributed by atoms with Crippen molar-refractivity contribution in [3.05, 3.63) is 69.9 Å². The van der Waals surface area contributed by atoms with Crippen LogP contribution in [0.5, 0.6) is 0 Å². The van der Waals surface area contributed by atoms with Crippen molar-refractivity contribution < 1.29 is 4.79 Å². The normalized spacial score (nSPS) is 11.3. The maximum Gasteiger partial charge on any atom is 0.332 e. The molecule has 1 amide bonds. The molecule has 0 spiro atoms. The van der Waals surface area contributed by atoms with Gasteiger partial charge in [0.1, 0.15) is 6.54 Å². The molecule has 0 aliphatic heterocycles. The van der Waals surface area contributed by atoms with Gasteiger partial charge in [-0.25, -0.2) is 19.7 Å². The molecule has 12 heteroatoms. The minimum absolute atomic E-state index is 0.165. The molecule has 1 N–H and O–H groups in total. The van der Waals surface area contributed by atoms with Gasteiger partial charge in [-0.05, 0) is 0 Å². The van der Waals surface area contributed by atoms with Crippen molar-refractivity contribution in [2.45, 2.75) is 6.54 Å². The van der Waals surface area contributed by atoms with Crippen LogP contribution in [0.2, 0.25) is 0 Å². The summed E-state index contributed by atoms with van der Waals surface area (Å²) in [6.45, 7) is -0.165. The van der Waals surface area contributed by atoms with E-state index in [9.17, 15) is 14.4 Å². The van der Waals surface area contributed by atoms with Crippen molar-refractivity contribution in [1.29, 1.82) is 0 Å². The second kappa shape index (κ2) is 8.23. The summed E-state index contributed by atoms with van der Waals surface area (Å²) in [6, 6.07) is 9.67. The van der Waals surface area contributed by atoms with E-state index < -0.39 is 11.2 Å². The summed E-state index contributed by atoms with van der Waals surface area (Å²) in [6.07, 6.45) is 4.93. The highest BCUT2D eigenvalue weighted by Crippen LogP contribution is 2.38. The molecule has 4 heterocycles. The number of rotatable bonds is 5. The van der Waals surface area contributed by atoms with E-state index in [1.165, 1.54) is 40.9 Å². The Hall–Kier alpha value is -4.32. The fourth-order valence-corrected chi connectivity index (χ4v) is 4.77. The number of benzene rings is 1. The summed E-state index contributed by atoms with van der Waals surface area (Å²) in [5.74, 6) is 0.358. The molecule has 0 aliphatic carbocycles. The van der Waals surface area contributed by atoms with Crippen LogP contribution >= 0.6 is 11.3 Å². The van der Waals surface area contributed by atoms with Crippen molar-refractivity contribution in [3.63, 3.8) is 0 Å². The standard InChI is InChI=1S/C22H20N8O3S/c1-27-10-9-23-19(27)17-15(13-7-5-4-6-8-13)26-21(34-17)25-14(31)11-30-12-24-18-16(30)20(32)29(3)22(33)28(18)2/h4-10,12H,11H2,1-3H3,(H,25,26,31).